The molecule has 0 aliphatic carbocycles. The third-order valence-corrected chi connectivity index (χ3v) is 3.97. The zero-order valence-corrected chi connectivity index (χ0v) is 14.6. The third-order valence-electron chi connectivity index (χ3n) is 3.97. The molecule has 2 aromatic heterocycles. The van der Waals surface area contributed by atoms with Crippen LogP contribution in [-0.2, 0) is 26.3 Å². The van der Waals surface area contributed by atoms with Crippen molar-refractivity contribution in [2.75, 3.05) is 7.05 Å². The molecule has 138 valence electrons. The van der Waals surface area contributed by atoms with Crippen LogP contribution in [0.25, 0.3) is 11.5 Å². The first-order valence-corrected chi connectivity index (χ1v) is 7.89. The molecule has 1 aromatic carbocycles. The van der Waals surface area contributed by atoms with Gasteiger partial charge in [0.15, 0.2) is 0 Å². The monoisotopic (exact) mass is 365 g/mol. The summed E-state index contributed by atoms with van der Waals surface area (Å²) >= 11 is 0. The number of aromatic nitrogens is 4. The molecule has 0 aliphatic rings. The van der Waals surface area contributed by atoms with Crippen LogP contribution in [0.2, 0.25) is 0 Å². The van der Waals surface area contributed by atoms with E-state index in [4.69, 9.17) is 4.42 Å². The molecule has 3 rings (SSSR count). The molecule has 9 heteroatoms. The number of alkyl halides is 3. The van der Waals surface area contributed by atoms with Gasteiger partial charge in [-0.3, -0.25) is 4.90 Å². The van der Waals surface area contributed by atoms with E-state index in [2.05, 4.69) is 15.2 Å². The predicted octanol–water partition coefficient (Wildman–Crippen LogP) is 3.43. The van der Waals surface area contributed by atoms with Gasteiger partial charge in [-0.05, 0) is 32.2 Å². The van der Waals surface area contributed by atoms with Gasteiger partial charge >= 0.3 is 6.18 Å². The second kappa shape index (κ2) is 6.91. The highest BCUT2D eigenvalue weighted by molar-refractivity contribution is 5.55. The zero-order valence-electron chi connectivity index (χ0n) is 14.6. The summed E-state index contributed by atoms with van der Waals surface area (Å²) in [6.45, 7) is 2.78. The van der Waals surface area contributed by atoms with Crippen molar-refractivity contribution in [1.82, 2.24) is 24.6 Å². The molecule has 0 unspecified atom stereocenters. The van der Waals surface area contributed by atoms with Crippen molar-refractivity contribution in [2.24, 2.45) is 7.05 Å². The van der Waals surface area contributed by atoms with Crippen molar-refractivity contribution >= 4 is 0 Å². The molecule has 0 amide bonds. The standard InChI is InChI=1S/C17H18F3N5O/c1-11-14(8-24(2)9-15-23-21-10-25(15)3)22-16(26-11)12-5-4-6-13(7-12)17(18,19)20/h4-7,10H,8-9H2,1-3H3. The number of oxazole rings is 1. The van der Waals surface area contributed by atoms with Crippen LogP contribution in [0.5, 0.6) is 0 Å². The van der Waals surface area contributed by atoms with Gasteiger partial charge in [-0.15, -0.1) is 10.2 Å². The number of rotatable bonds is 5. The molecule has 2 heterocycles. The van der Waals surface area contributed by atoms with Crippen LogP contribution in [0.4, 0.5) is 13.2 Å². The SMILES string of the molecule is Cc1oc(-c2cccc(C(F)(F)F)c2)nc1CN(C)Cc1nncn1C. The summed E-state index contributed by atoms with van der Waals surface area (Å²) in [7, 11) is 3.75. The molecule has 6 nitrogen and oxygen atoms in total. The Kier molecular flexibility index (Phi) is 4.82. The lowest BCUT2D eigenvalue weighted by molar-refractivity contribution is -0.137. The number of benzene rings is 1. The van der Waals surface area contributed by atoms with Gasteiger partial charge in [0, 0.05) is 19.2 Å². The molecule has 0 aliphatic heterocycles. The second-order valence-corrected chi connectivity index (χ2v) is 6.13. The minimum absolute atomic E-state index is 0.177. The Morgan fingerprint density at radius 2 is 2.00 bits per heavy atom. The van der Waals surface area contributed by atoms with E-state index < -0.39 is 11.7 Å². The molecule has 0 atom stereocenters. The number of hydrogen-bond acceptors (Lipinski definition) is 5. The van der Waals surface area contributed by atoms with E-state index in [9.17, 15) is 13.2 Å². The largest absolute Gasteiger partial charge is 0.441 e. The maximum absolute atomic E-state index is 12.9. The minimum atomic E-state index is -4.41. The summed E-state index contributed by atoms with van der Waals surface area (Å²) in [6, 6.07) is 4.96. The first kappa shape index (κ1) is 18.1. The Hall–Kier alpha value is -2.68. The molecule has 0 fully saturated rings. The summed E-state index contributed by atoms with van der Waals surface area (Å²) in [5.74, 6) is 1.55. The maximum atomic E-state index is 12.9. The topological polar surface area (TPSA) is 60.0 Å². The Bertz CT molecular complexity index is 900. The Labute approximate surface area is 148 Å². The van der Waals surface area contributed by atoms with Gasteiger partial charge in [0.05, 0.1) is 17.8 Å². The van der Waals surface area contributed by atoms with E-state index in [1.54, 1.807) is 19.3 Å². The summed E-state index contributed by atoms with van der Waals surface area (Å²) in [6.07, 6.45) is -2.78. The van der Waals surface area contributed by atoms with Crippen molar-refractivity contribution in [1.29, 1.82) is 0 Å². The fourth-order valence-electron chi connectivity index (χ4n) is 2.53. The highest BCUT2D eigenvalue weighted by atomic mass is 19.4. The molecular formula is C17H18F3N5O. The number of hydrogen-bond donors (Lipinski definition) is 0. The van der Waals surface area contributed by atoms with Crippen LogP contribution < -0.4 is 0 Å². The molecule has 0 saturated carbocycles. The summed E-state index contributed by atoms with van der Waals surface area (Å²) in [4.78, 5) is 6.35. The van der Waals surface area contributed by atoms with E-state index in [1.165, 1.54) is 6.07 Å². The van der Waals surface area contributed by atoms with Gasteiger partial charge in [-0.1, -0.05) is 6.07 Å². The fourth-order valence-corrected chi connectivity index (χ4v) is 2.53. The minimum Gasteiger partial charge on any atom is -0.441 e. The van der Waals surface area contributed by atoms with E-state index in [-0.39, 0.29) is 5.89 Å². The molecule has 0 bridgehead atoms. The van der Waals surface area contributed by atoms with Crippen LogP contribution >= 0.6 is 0 Å². The summed E-state index contributed by atoms with van der Waals surface area (Å²) in [5, 5.41) is 7.86. The first-order valence-electron chi connectivity index (χ1n) is 7.89. The molecule has 0 N–H and O–H groups in total. The quantitative estimate of drug-likeness (QED) is 0.693. The highest BCUT2D eigenvalue weighted by Gasteiger charge is 2.30. The molecule has 0 saturated heterocycles. The van der Waals surface area contributed by atoms with Gasteiger partial charge in [0.2, 0.25) is 5.89 Å². The van der Waals surface area contributed by atoms with Crippen LogP contribution in [0.3, 0.4) is 0 Å². The lowest BCUT2D eigenvalue weighted by Gasteiger charge is -2.14. The maximum Gasteiger partial charge on any atom is 0.416 e. The smallest absolute Gasteiger partial charge is 0.416 e. The fraction of sp³-hybridized carbons (Fsp3) is 0.353. The lowest BCUT2D eigenvalue weighted by Crippen LogP contribution is -2.20. The molecule has 0 radical (unpaired) electrons. The number of halogens is 3. The number of nitrogens with zero attached hydrogens (tertiary/aromatic N) is 5. The van der Waals surface area contributed by atoms with Crippen LogP contribution in [-0.4, -0.2) is 31.7 Å². The second-order valence-electron chi connectivity index (χ2n) is 6.13. The average Bonchev–Trinajstić information content (AvgIpc) is 3.13. The third kappa shape index (κ3) is 3.93. The average molecular weight is 365 g/mol. The van der Waals surface area contributed by atoms with E-state index >= 15 is 0 Å². The summed E-state index contributed by atoms with van der Waals surface area (Å²) < 4.78 is 46.1. The van der Waals surface area contributed by atoms with E-state index in [0.717, 1.165) is 18.0 Å². The van der Waals surface area contributed by atoms with Gasteiger partial charge in [0.25, 0.3) is 0 Å². The van der Waals surface area contributed by atoms with Gasteiger partial charge in [-0.25, -0.2) is 4.98 Å². The van der Waals surface area contributed by atoms with Crippen molar-refractivity contribution in [2.45, 2.75) is 26.2 Å². The van der Waals surface area contributed by atoms with Crippen molar-refractivity contribution in [3.05, 3.63) is 53.4 Å². The molecule has 0 spiro atoms. The predicted molar refractivity (Wildman–Crippen MR) is 87.9 cm³/mol. The molecular weight excluding hydrogens is 347 g/mol. The van der Waals surface area contributed by atoms with Crippen molar-refractivity contribution in [3.63, 3.8) is 0 Å². The Balaban J connectivity index is 1.78. The molecule has 3 aromatic rings. The van der Waals surface area contributed by atoms with Gasteiger partial charge in [0.1, 0.15) is 17.9 Å². The van der Waals surface area contributed by atoms with Crippen LogP contribution in [0, 0.1) is 6.92 Å². The first-order chi connectivity index (χ1) is 12.2. The normalized spacial score (nSPS) is 12.1. The summed E-state index contributed by atoms with van der Waals surface area (Å²) in [5.41, 5.74) is 0.235. The van der Waals surface area contributed by atoms with Gasteiger partial charge in [-0.2, -0.15) is 13.2 Å². The van der Waals surface area contributed by atoms with Crippen molar-refractivity contribution in [3.8, 4) is 11.5 Å². The highest BCUT2D eigenvalue weighted by Crippen LogP contribution is 2.32. The number of aryl methyl sites for hydroxylation is 2. The molecule has 26 heavy (non-hydrogen) atoms. The van der Waals surface area contributed by atoms with Gasteiger partial charge < -0.3 is 8.98 Å². The van der Waals surface area contributed by atoms with E-state index in [0.29, 0.717) is 30.1 Å². The van der Waals surface area contributed by atoms with Crippen LogP contribution in [0.1, 0.15) is 22.8 Å². The zero-order chi connectivity index (χ0) is 18.9. The van der Waals surface area contributed by atoms with Crippen molar-refractivity contribution < 1.29 is 17.6 Å². The van der Waals surface area contributed by atoms with E-state index in [1.807, 2.05) is 23.6 Å². The Morgan fingerprint density at radius 1 is 1.23 bits per heavy atom. The lowest BCUT2D eigenvalue weighted by atomic mass is 10.1. The Morgan fingerprint density at radius 3 is 2.65 bits per heavy atom. The van der Waals surface area contributed by atoms with Crippen LogP contribution in [0.15, 0.2) is 35.0 Å².